The van der Waals surface area contributed by atoms with Crippen LogP contribution in [0.4, 0.5) is 0 Å². The molecule has 0 bridgehead atoms. The van der Waals surface area contributed by atoms with E-state index in [0.717, 1.165) is 26.2 Å². The topological polar surface area (TPSA) is 24.5 Å². The maximum atomic E-state index is 5.13. The van der Waals surface area contributed by atoms with Gasteiger partial charge in [0.2, 0.25) is 0 Å². The summed E-state index contributed by atoms with van der Waals surface area (Å²) in [4.78, 5) is 2.52. The van der Waals surface area contributed by atoms with Crippen molar-refractivity contribution in [2.24, 2.45) is 5.41 Å². The van der Waals surface area contributed by atoms with Gasteiger partial charge in [0.15, 0.2) is 0 Å². The zero-order valence-corrected chi connectivity index (χ0v) is 9.81. The van der Waals surface area contributed by atoms with Gasteiger partial charge in [-0.2, -0.15) is 0 Å². The van der Waals surface area contributed by atoms with E-state index in [1.807, 2.05) is 0 Å². The summed E-state index contributed by atoms with van der Waals surface area (Å²) < 4.78 is 5.13. The fourth-order valence-corrected chi connectivity index (χ4v) is 2.01. The Balaban J connectivity index is 2.38. The molecule has 1 aliphatic heterocycles. The fourth-order valence-electron chi connectivity index (χ4n) is 2.01. The quantitative estimate of drug-likeness (QED) is 0.734. The first-order valence-corrected chi connectivity index (χ1v) is 5.56. The van der Waals surface area contributed by atoms with E-state index in [4.69, 9.17) is 4.74 Å². The van der Waals surface area contributed by atoms with Crippen molar-refractivity contribution in [3.05, 3.63) is 0 Å². The molecule has 0 radical (unpaired) electrons. The number of rotatable bonds is 3. The average molecular weight is 200 g/mol. The summed E-state index contributed by atoms with van der Waals surface area (Å²) in [6, 6.07) is 0. The monoisotopic (exact) mass is 200 g/mol. The normalized spacial score (nSPS) is 24.2. The highest BCUT2D eigenvalue weighted by Crippen LogP contribution is 2.17. The van der Waals surface area contributed by atoms with Crippen molar-refractivity contribution in [2.45, 2.75) is 20.3 Å². The SMILES string of the molecule is COCCN1CCCNCC(C)(C)C1. The van der Waals surface area contributed by atoms with Crippen LogP contribution in [0.5, 0.6) is 0 Å². The van der Waals surface area contributed by atoms with Gasteiger partial charge in [-0.05, 0) is 24.9 Å². The van der Waals surface area contributed by atoms with Crippen LogP contribution in [0, 0.1) is 5.41 Å². The summed E-state index contributed by atoms with van der Waals surface area (Å²) in [5, 5.41) is 3.50. The predicted molar refractivity (Wildman–Crippen MR) is 59.6 cm³/mol. The second-order valence-corrected chi connectivity index (χ2v) is 4.96. The lowest BCUT2D eigenvalue weighted by Crippen LogP contribution is -2.45. The minimum absolute atomic E-state index is 0.383. The highest BCUT2D eigenvalue weighted by Gasteiger charge is 2.22. The van der Waals surface area contributed by atoms with Crippen LogP contribution in [0.3, 0.4) is 0 Å². The van der Waals surface area contributed by atoms with E-state index in [2.05, 4.69) is 24.1 Å². The first-order chi connectivity index (χ1) is 6.64. The third-order valence-electron chi connectivity index (χ3n) is 2.69. The van der Waals surface area contributed by atoms with Gasteiger partial charge in [-0.25, -0.2) is 0 Å². The van der Waals surface area contributed by atoms with Crippen LogP contribution in [-0.2, 0) is 4.74 Å². The smallest absolute Gasteiger partial charge is 0.0589 e. The molecule has 0 saturated carbocycles. The number of hydrogen-bond acceptors (Lipinski definition) is 3. The minimum Gasteiger partial charge on any atom is -0.383 e. The Morgan fingerprint density at radius 2 is 2.21 bits per heavy atom. The number of nitrogens with zero attached hydrogens (tertiary/aromatic N) is 1. The van der Waals surface area contributed by atoms with E-state index in [-0.39, 0.29) is 0 Å². The first-order valence-electron chi connectivity index (χ1n) is 5.56. The second-order valence-electron chi connectivity index (χ2n) is 4.96. The molecule has 3 heteroatoms. The predicted octanol–water partition coefficient (Wildman–Crippen LogP) is 0.954. The van der Waals surface area contributed by atoms with Crippen LogP contribution in [0.15, 0.2) is 0 Å². The molecule has 0 spiro atoms. The summed E-state index contributed by atoms with van der Waals surface area (Å²) >= 11 is 0. The van der Waals surface area contributed by atoms with Crippen molar-refractivity contribution >= 4 is 0 Å². The molecule has 14 heavy (non-hydrogen) atoms. The van der Waals surface area contributed by atoms with E-state index >= 15 is 0 Å². The van der Waals surface area contributed by atoms with Crippen LogP contribution in [-0.4, -0.2) is 51.3 Å². The van der Waals surface area contributed by atoms with Crippen LogP contribution >= 0.6 is 0 Å². The molecule has 1 N–H and O–H groups in total. The van der Waals surface area contributed by atoms with Gasteiger partial charge in [0, 0.05) is 26.7 Å². The van der Waals surface area contributed by atoms with Crippen LogP contribution < -0.4 is 5.32 Å². The lowest BCUT2D eigenvalue weighted by Gasteiger charge is -2.35. The first kappa shape index (κ1) is 12.0. The Morgan fingerprint density at radius 1 is 1.43 bits per heavy atom. The Bertz CT molecular complexity index is 157. The Hall–Kier alpha value is -0.120. The van der Waals surface area contributed by atoms with Crippen molar-refractivity contribution in [3.63, 3.8) is 0 Å². The van der Waals surface area contributed by atoms with E-state index < -0.39 is 0 Å². The number of nitrogens with one attached hydrogen (secondary N) is 1. The minimum atomic E-state index is 0.383. The molecular weight excluding hydrogens is 176 g/mol. The van der Waals surface area contributed by atoms with Gasteiger partial charge in [0.1, 0.15) is 0 Å². The molecule has 1 aliphatic rings. The van der Waals surface area contributed by atoms with Crippen molar-refractivity contribution < 1.29 is 4.74 Å². The third kappa shape index (κ3) is 4.40. The maximum absolute atomic E-state index is 5.13. The number of hydrogen-bond donors (Lipinski definition) is 1. The summed E-state index contributed by atoms with van der Waals surface area (Å²) in [6.45, 7) is 11.2. The number of methoxy groups -OCH3 is 1. The van der Waals surface area contributed by atoms with Gasteiger partial charge in [-0.1, -0.05) is 13.8 Å². The van der Waals surface area contributed by atoms with Gasteiger partial charge in [0.05, 0.1) is 6.61 Å². The standard InChI is InChI=1S/C11H24N2O/c1-11(2)9-12-5-4-6-13(10-11)7-8-14-3/h12H,4-10H2,1-3H3. The molecule has 0 aliphatic carbocycles. The highest BCUT2D eigenvalue weighted by molar-refractivity contribution is 4.78. The van der Waals surface area contributed by atoms with Gasteiger partial charge < -0.3 is 15.0 Å². The molecule has 1 fully saturated rings. The third-order valence-corrected chi connectivity index (χ3v) is 2.69. The Labute approximate surface area is 87.8 Å². The number of ether oxygens (including phenoxy) is 1. The molecule has 1 heterocycles. The van der Waals surface area contributed by atoms with Crippen molar-refractivity contribution in [1.29, 1.82) is 0 Å². The summed E-state index contributed by atoms with van der Waals surface area (Å²) in [5.41, 5.74) is 0.383. The molecule has 0 unspecified atom stereocenters. The molecule has 3 nitrogen and oxygen atoms in total. The second kappa shape index (κ2) is 5.69. The summed E-state index contributed by atoms with van der Waals surface area (Å²) in [7, 11) is 1.77. The van der Waals surface area contributed by atoms with Gasteiger partial charge in [-0.3, -0.25) is 0 Å². The average Bonchev–Trinajstić information content (AvgIpc) is 2.09. The Morgan fingerprint density at radius 3 is 2.93 bits per heavy atom. The fraction of sp³-hybridized carbons (Fsp3) is 1.00. The lowest BCUT2D eigenvalue weighted by atomic mass is 9.92. The molecule has 0 aromatic carbocycles. The van der Waals surface area contributed by atoms with E-state index in [0.29, 0.717) is 5.41 Å². The van der Waals surface area contributed by atoms with Crippen molar-refractivity contribution in [3.8, 4) is 0 Å². The zero-order chi connectivity index (χ0) is 10.4. The summed E-state index contributed by atoms with van der Waals surface area (Å²) in [5.74, 6) is 0. The lowest BCUT2D eigenvalue weighted by molar-refractivity contribution is 0.109. The zero-order valence-electron chi connectivity index (χ0n) is 9.81. The van der Waals surface area contributed by atoms with Crippen LogP contribution in [0.1, 0.15) is 20.3 Å². The van der Waals surface area contributed by atoms with E-state index in [1.165, 1.54) is 19.5 Å². The molecule has 0 aromatic rings. The highest BCUT2D eigenvalue weighted by atomic mass is 16.5. The van der Waals surface area contributed by atoms with E-state index in [1.54, 1.807) is 7.11 Å². The molecule has 0 amide bonds. The van der Waals surface area contributed by atoms with Gasteiger partial charge in [-0.15, -0.1) is 0 Å². The largest absolute Gasteiger partial charge is 0.383 e. The van der Waals surface area contributed by atoms with E-state index in [9.17, 15) is 0 Å². The van der Waals surface area contributed by atoms with Gasteiger partial charge >= 0.3 is 0 Å². The van der Waals surface area contributed by atoms with Crippen LogP contribution in [0.25, 0.3) is 0 Å². The van der Waals surface area contributed by atoms with Gasteiger partial charge in [0.25, 0.3) is 0 Å². The Kier molecular flexibility index (Phi) is 4.85. The van der Waals surface area contributed by atoms with Crippen molar-refractivity contribution in [2.75, 3.05) is 46.4 Å². The van der Waals surface area contributed by atoms with Crippen LogP contribution in [0.2, 0.25) is 0 Å². The summed E-state index contributed by atoms with van der Waals surface area (Å²) in [6.07, 6.45) is 1.25. The van der Waals surface area contributed by atoms with Crippen molar-refractivity contribution in [1.82, 2.24) is 10.2 Å². The molecule has 1 saturated heterocycles. The molecule has 0 atom stereocenters. The molecular formula is C11H24N2O. The molecule has 0 aromatic heterocycles. The molecule has 1 rings (SSSR count). The molecule has 84 valence electrons. The maximum Gasteiger partial charge on any atom is 0.0589 e.